The highest BCUT2D eigenvalue weighted by atomic mass is 79.9. The maximum Gasteiger partial charge on any atom is 0.189 e. The lowest BCUT2D eigenvalue weighted by molar-refractivity contribution is -0.0169. The Labute approximate surface area is 83.8 Å². The summed E-state index contributed by atoms with van der Waals surface area (Å²) in [6.45, 7) is 0.766. The van der Waals surface area contributed by atoms with Crippen LogP contribution in [0.5, 0.6) is 5.75 Å². The van der Waals surface area contributed by atoms with E-state index in [0.29, 0.717) is 12.2 Å². The first-order valence-corrected chi connectivity index (χ1v) is 4.58. The molecule has 1 aromatic rings. The molecule has 3 nitrogen and oxygen atoms in total. The van der Waals surface area contributed by atoms with Crippen molar-refractivity contribution in [1.29, 1.82) is 0 Å². The van der Waals surface area contributed by atoms with Gasteiger partial charge in [-0.2, -0.15) is 0 Å². The van der Waals surface area contributed by atoms with E-state index in [0.717, 1.165) is 22.1 Å². The van der Waals surface area contributed by atoms with Crippen LogP contribution >= 0.6 is 15.9 Å². The first-order valence-electron chi connectivity index (χ1n) is 3.79. The third-order valence-corrected chi connectivity index (χ3v) is 2.41. The number of aldehydes is 1. The Morgan fingerprint density at radius 1 is 1.46 bits per heavy atom. The largest absolute Gasteiger partial charge is 0.466 e. The lowest BCUT2D eigenvalue weighted by atomic mass is 10.1. The zero-order chi connectivity index (χ0) is 9.26. The second kappa shape index (κ2) is 3.47. The normalized spacial score (nSPS) is 14.5. The van der Waals surface area contributed by atoms with Crippen molar-refractivity contribution in [2.75, 3.05) is 6.79 Å². The minimum atomic E-state index is 0.270. The number of hydrogen-bond donors (Lipinski definition) is 0. The van der Waals surface area contributed by atoms with Gasteiger partial charge in [-0.05, 0) is 28.1 Å². The smallest absolute Gasteiger partial charge is 0.189 e. The number of carbonyl (C=O) groups excluding carboxylic acids is 1. The van der Waals surface area contributed by atoms with Gasteiger partial charge in [0.2, 0.25) is 0 Å². The number of ether oxygens (including phenoxy) is 2. The molecule has 0 unspecified atom stereocenters. The number of fused-ring (bicyclic) bond motifs is 1. The third kappa shape index (κ3) is 1.59. The fourth-order valence-corrected chi connectivity index (χ4v) is 1.90. The Bertz CT molecular complexity index is 349. The second-order valence-electron chi connectivity index (χ2n) is 2.72. The van der Waals surface area contributed by atoms with E-state index in [2.05, 4.69) is 15.9 Å². The molecule has 0 fully saturated rings. The molecule has 0 N–H and O–H groups in total. The van der Waals surface area contributed by atoms with Crippen molar-refractivity contribution in [3.63, 3.8) is 0 Å². The maximum absolute atomic E-state index is 10.5. The van der Waals surface area contributed by atoms with Crippen molar-refractivity contribution < 1.29 is 14.3 Å². The van der Waals surface area contributed by atoms with E-state index in [1.165, 1.54) is 0 Å². The van der Waals surface area contributed by atoms with Gasteiger partial charge in [-0.25, -0.2) is 0 Å². The summed E-state index contributed by atoms with van der Waals surface area (Å²) >= 11 is 3.33. The molecule has 1 aromatic carbocycles. The van der Waals surface area contributed by atoms with Crippen molar-refractivity contribution in [1.82, 2.24) is 0 Å². The second-order valence-corrected chi connectivity index (χ2v) is 3.57. The van der Waals surface area contributed by atoms with Gasteiger partial charge >= 0.3 is 0 Å². The van der Waals surface area contributed by atoms with Crippen molar-refractivity contribution in [3.05, 3.63) is 27.7 Å². The van der Waals surface area contributed by atoms with Gasteiger partial charge in [0.1, 0.15) is 12.0 Å². The molecule has 13 heavy (non-hydrogen) atoms. The average Bonchev–Trinajstić information content (AvgIpc) is 2.18. The van der Waals surface area contributed by atoms with Gasteiger partial charge in [0.25, 0.3) is 0 Å². The highest BCUT2D eigenvalue weighted by Crippen LogP contribution is 2.33. The number of hydrogen-bond acceptors (Lipinski definition) is 3. The Kier molecular flexibility index (Phi) is 2.33. The van der Waals surface area contributed by atoms with Crippen LogP contribution in [0, 0.1) is 0 Å². The van der Waals surface area contributed by atoms with Crippen LogP contribution in [0.4, 0.5) is 0 Å². The molecule has 0 aliphatic carbocycles. The van der Waals surface area contributed by atoms with E-state index in [9.17, 15) is 4.79 Å². The molecule has 2 rings (SSSR count). The predicted octanol–water partition coefficient (Wildman–Crippen LogP) is 2.13. The molecule has 1 aliphatic rings. The summed E-state index contributed by atoms with van der Waals surface area (Å²) in [7, 11) is 0. The Hall–Kier alpha value is -0.870. The highest BCUT2D eigenvalue weighted by molar-refractivity contribution is 9.10. The van der Waals surface area contributed by atoms with E-state index < -0.39 is 0 Å². The van der Waals surface area contributed by atoms with Crippen molar-refractivity contribution in [2.24, 2.45) is 0 Å². The predicted molar refractivity (Wildman–Crippen MR) is 49.8 cm³/mol. The van der Waals surface area contributed by atoms with Crippen molar-refractivity contribution in [2.45, 2.75) is 6.61 Å². The molecular weight excluding hydrogens is 236 g/mol. The van der Waals surface area contributed by atoms with Gasteiger partial charge in [-0.3, -0.25) is 4.79 Å². The highest BCUT2D eigenvalue weighted by Gasteiger charge is 2.14. The SMILES string of the molecule is O=Cc1cc(Br)c2c(c1)COCO2. The lowest BCUT2D eigenvalue weighted by Gasteiger charge is -2.18. The number of carbonyl (C=O) groups is 1. The van der Waals surface area contributed by atoms with Crippen molar-refractivity contribution >= 4 is 22.2 Å². The van der Waals surface area contributed by atoms with Crippen LogP contribution in [0.2, 0.25) is 0 Å². The Balaban J connectivity index is 2.52. The van der Waals surface area contributed by atoms with Crippen LogP contribution in [0.15, 0.2) is 16.6 Å². The monoisotopic (exact) mass is 242 g/mol. The van der Waals surface area contributed by atoms with E-state index >= 15 is 0 Å². The molecule has 1 aliphatic heterocycles. The summed E-state index contributed by atoms with van der Waals surface area (Å²) < 4.78 is 11.2. The molecule has 0 saturated carbocycles. The third-order valence-electron chi connectivity index (χ3n) is 1.82. The summed E-state index contributed by atoms with van der Waals surface area (Å²) in [5.41, 5.74) is 1.53. The molecule has 0 bridgehead atoms. The molecule has 0 amide bonds. The molecule has 1 heterocycles. The summed E-state index contributed by atoms with van der Waals surface area (Å²) in [6, 6.07) is 3.50. The zero-order valence-electron chi connectivity index (χ0n) is 6.75. The first-order chi connectivity index (χ1) is 6.31. The van der Waals surface area contributed by atoms with Gasteiger partial charge in [0.15, 0.2) is 6.79 Å². The molecule has 0 aromatic heterocycles. The minimum Gasteiger partial charge on any atom is -0.466 e. The zero-order valence-corrected chi connectivity index (χ0v) is 8.33. The average molecular weight is 243 g/mol. The number of benzene rings is 1. The van der Waals surface area contributed by atoms with Gasteiger partial charge in [-0.15, -0.1) is 0 Å². The van der Waals surface area contributed by atoms with E-state index in [-0.39, 0.29) is 6.79 Å². The van der Waals surface area contributed by atoms with Crippen LogP contribution in [0.1, 0.15) is 15.9 Å². The molecule has 0 saturated heterocycles. The fraction of sp³-hybridized carbons (Fsp3) is 0.222. The summed E-state index contributed by atoms with van der Waals surface area (Å²) in [5.74, 6) is 0.775. The minimum absolute atomic E-state index is 0.270. The van der Waals surface area contributed by atoms with Crippen LogP contribution in [0.25, 0.3) is 0 Å². The van der Waals surface area contributed by atoms with Gasteiger partial charge < -0.3 is 9.47 Å². The number of halogens is 1. The molecule has 0 spiro atoms. The summed E-state index contributed by atoms with van der Waals surface area (Å²) in [4.78, 5) is 10.5. The van der Waals surface area contributed by atoms with Crippen LogP contribution in [-0.4, -0.2) is 13.1 Å². The molecular formula is C9H7BrO3. The fourth-order valence-electron chi connectivity index (χ4n) is 1.26. The molecule has 4 heteroatoms. The summed E-state index contributed by atoms with van der Waals surface area (Å²) in [5, 5.41) is 0. The van der Waals surface area contributed by atoms with Gasteiger partial charge in [-0.1, -0.05) is 0 Å². The van der Waals surface area contributed by atoms with Crippen molar-refractivity contribution in [3.8, 4) is 5.75 Å². The standard InChI is InChI=1S/C9H7BrO3/c10-8-2-6(3-11)1-7-4-12-5-13-9(7)8/h1-3H,4-5H2. The first kappa shape index (κ1) is 8.72. The molecule has 0 atom stereocenters. The van der Waals surface area contributed by atoms with E-state index in [4.69, 9.17) is 9.47 Å². The van der Waals surface area contributed by atoms with Gasteiger partial charge in [0.05, 0.1) is 11.1 Å². The summed E-state index contributed by atoms with van der Waals surface area (Å²) in [6.07, 6.45) is 0.805. The maximum atomic E-state index is 10.5. The van der Waals surface area contributed by atoms with E-state index in [1.54, 1.807) is 12.1 Å². The topological polar surface area (TPSA) is 35.5 Å². The van der Waals surface area contributed by atoms with Crippen LogP contribution < -0.4 is 4.74 Å². The number of rotatable bonds is 1. The molecule has 68 valence electrons. The Morgan fingerprint density at radius 2 is 2.31 bits per heavy atom. The van der Waals surface area contributed by atoms with Crippen LogP contribution in [0.3, 0.4) is 0 Å². The van der Waals surface area contributed by atoms with E-state index in [1.807, 2.05) is 0 Å². The lowest BCUT2D eigenvalue weighted by Crippen LogP contribution is -2.12. The van der Waals surface area contributed by atoms with Gasteiger partial charge in [0, 0.05) is 11.1 Å². The molecule has 0 radical (unpaired) electrons. The Morgan fingerprint density at radius 3 is 3.08 bits per heavy atom. The van der Waals surface area contributed by atoms with Crippen LogP contribution in [-0.2, 0) is 11.3 Å². The quantitative estimate of drug-likeness (QED) is 0.708.